The number of hydrogen-bond acceptors (Lipinski definition) is 4. The first kappa shape index (κ1) is 24.7. The molecule has 0 fully saturated rings. The summed E-state index contributed by atoms with van der Waals surface area (Å²) in [5.74, 6) is -0.639. The molecule has 0 aliphatic carbocycles. The third kappa shape index (κ3) is 5.18. The van der Waals surface area contributed by atoms with Gasteiger partial charge in [0, 0.05) is 21.9 Å². The molecule has 31 heavy (non-hydrogen) atoms. The van der Waals surface area contributed by atoms with Gasteiger partial charge in [0.25, 0.3) is 5.60 Å². The summed E-state index contributed by atoms with van der Waals surface area (Å²) in [6, 6.07) is 8.50. The Labute approximate surface area is 174 Å². The highest BCUT2D eigenvalue weighted by molar-refractivity contribution is 7.92. The van der Waals surface area contributed by atoms with Crippen molar-refractivity contribution in [2.24, 2.45) is 0 Å². The van der Waals surface area contributed by atoms with Crippen LogP contribution in [0.2, 0.25) is 0 Å². The predicted octanol–water partition coefficient (Wildman–Crippen LogP) is 4.61. The standard InChI is InChI=1S/C19H18F6N2O3S/c1-2-31(26,30)15-8-6-12(7-9-15)10-16(28)27-14-5-3-4-13(11-14)17(29,18(20,21)22)19(23,24)25/h3-9,11,26,29H,2,10H2,1H3,(H,27,28). The van der Waals surface area contributed by atoms with Crippen molar-refractivity contribution in [3.05, 3.63) is 59.7 Å². The summed E-state index contributed by atoms with van der Waals surface area (Å²) in [5.41, 5.74) is -6.53. The maximum Gasteiger partial charge on any atom is 0.430 e. The lowest BCUT2D eigenvalue weighted by Crippen LogP contribution is -2.53. The fourth-order valence-corrected chi connectivity index (χ4v) is 3.60. The van der Waals surface area contributed by atoms with Crippen molar-refractivity contribution in [2.45, 2.75) is 36.2 Å². The number of benzene rings is 2. The lowest BCUT2D eigenvalue weighted by atomic mass is 9.92. The fourth-order valence-electron chi connectivity index (χ4n) is 2.69. The first-order chi connectivity index (χ1) is 14.1. The van der Waals surface area contributed by atoms with E-state index in [0.717, 1.165) is 12.1 Å². The molecule has 2 aromatic carbocycles. The minimum atomic E-state index is -6.04. The summed E-state index contributed by atoms with van der Waals surface area (Å²) in [7, 11) is -2.94. The SMILES string of the molecule is CCS(=N)(=O)c1ccc(CC(=O)Nc2cccc(C(O)(C(F)(F)F)C(F)(F)F)c2)cc1. The Hall–Kier alpha value is -2.60. The van der Waals surface area contributed by atoms with E-state index in [4.69, 9.17) is 4.78 Å². The van der Waals surface area contributed by atoms with Crippen LogP contribution in [0.25, 0.3) is 0 Å². The van der Waals surface area contributed by atoms with Gasteiger partial charge in [-0.05, 0) is 29.8 Å². The number of aliphatic hydroxyl groups is 1. The highest BCUT2D eigenvalue weighted by atomic mass is 32.2. The zero-order valence-electron chi connectivity index (χ0n) is 16.0. The van der Waals surface area contributed by atoms with E-state index in [2.05, 4.69) is 5.32 Å². The van der Waals surface area contributed by atoms with Crippen LogP contribution >= 0.6 is 0 Å². The van der Waals surface area contributed by atoms with Gasteiger partial charge in [-0.15, -0.1) is 0 Å². The average molecular weight is 468 g/mol. The first-order valence-electron chi connectivity index (χ1n) is 8.73. The second kappa shape index (κ2) is 8.50. The van der Waals surface area contributed by atoms with Gasteiger partial charge in [0.05, 0.1) is 16.1 Å². The predicted molar refractivity (Wildman–Crippen MR) is 101 cm³/mol. The number of hydrogen-bond donors (Lipinski definition) is 3. The molecule has 0 radical (unpaired) electrons. The lowest BCUT2D eigenvalue weighted by Gasteiger charge is -2.32. The summed E-state index contributed by atoms with van der Waals surface area (Å²) < 4.78 is 97.8. The van der Waals surface area contributed by atoms with E-state index in [-0.39, 0.29) is 22.8 Å². The van der Waals surface area contributed by atoms with E-state index in [1.807, 2.05) is 0 Å². The number of nitrogens with one attached hydrogen (secondary N) is 2. The Morgan fingerprint density at radius 3 is 2.06 bits per heavy atom. The summed E-state index contributed by atoms with van der Waals surface area (Å²) in [5, 5.41) is 11.6. The van der Waals surface area contributed by atoms with E-state index in [1.54, 1.807) is 6.92 Å². The van der Waals surface area contributed by atoms with Crippen molar-refractivity contribution in [3.8, 4) is 0 Å². The molecule has 1 atom stereocenters. The van der Waals surface area contributed by atoms with Crippen LogP contribution in [0.4, 0.5) is 32.0 Å². The Balaban J connectivity index is 2.22. The van der Waals surface area contributed by atoms with Crippen LogP contribution in [0.3, 0.4) is 0 Å². The van der Waals surface area contributed by atoms with Crippen molar-refractivity contribution in [1.29, 1.82) is 4.78 Å². The molecule has 12 heteroatoms. The van der Waals surface area contributed by atoms with Crippen LogP contribution in [0, 0.1) is 4.78 Å². The molecular formula is C19H18F6N2O3S. The Morgan fingerprint density at radius 2 is 1.58 bits per heavy atom. The third-order valence-electron chi connectivity index (χ3n) is 4.46. The maximum atomic E-state index is 13.0. The van der Waals surface area contributed by atoms with Crippen molar-refractivity contribution >= 4 is 21.3 Å². The smallest absolute Gasteiger partial charge is 0.369 e. The van der Waals surface area contributed by atoms with Crippen LogP contribution in [0.5, 0.6) is 0 Å². The van der Waals surface area contributed by atoms with Gasteiger partial charge >= 0.3 is 12.4 Å². The van der Waals surface area contributed by atoms with Crippen LogP contribution in [0.15, 0.2) is 53.4 Å². The first-order valence-corrected chi connectivity index (χ1v) is 10.5. The molecule has 0 saturated heterocycles. The molecule has 2 aromatic rings. The van der Waals surface area contributed by atoms with E-state index in [1.165, 1.54) is 24.3 Å². The quantitative estimate of drug-likeness (QED) is 0.541. The van der Waals surface area contributed by atoms with E-state index < -0.39 is 39.2 Å². The molecule has 3 N–H and O–H groups in total. The minimum absolute atomic E-state index is 0.103. The highest BCUT2D eigenvalue weighted by Crippen LogP contribution is 2.50. The van der Waals surface area contributed by atoms with Crippen molar-refractivity contribution in [3.63, 3.8) is 0 Å². The summed E-state index contributed by atoms with van der Waals surface area (Å²) in [4.78, 5) is 12.4. The minimum Gasteiger partial charge on any atom is -0.369 e. The zero-order chi connectivity index (χ0) is 23.7. The molecule has 0 saturated carbocycles. The summed E-state index contributed by atoms with van der Waals surface area (Å²) in [6.07, 6.45) is -12.4. The van der Waals surface area contributed by atoms with Crippen molar-refractivity contribution in [1.82, 2.24) is 0 Å². The van der Waals surface area contributed by atoms with Gasteiger partial charge in [-0.2, -0.15) is 26.3 Å². The topological polar surface area (TPSA) is 90.2 Å². The van der Waals surface area contributed by atoms with Gasteiger partial charge in [0.2, 0.25) is 5.91 Å². The Kier molecular flexibility index (Phi) is 6.76. The molecule has 0 aliphatic rings. The van der Waals surface area contributed by atoms with Gasteiger partial charge in [-0.25, -0.2) is 8.99 Å². The van der Waals surface area contributed by atoms with Crippen LogP contribution in [-0.2, 0) is 26.5 Å². The van der Waals surface area contributed by atoms with Crippen LogP contribution < -0.4 is 5.32 Å². The van der Waals surface area contributed by atoms with Gasteiger partial charge in [0.1, 0.15) is 0 Å². The average Bonchev–Trinajstić information content (AvgIpc) is 2.66. The van der Waals surface area contributed by atoms with Gasteiger partial charge in [0.15, 0.2) is 0 Å². The molecule has 1 amide bonds. The molecule has 0 bridgehead atoms. The third-order valence-corrected chi connectivity index (χ3v) is 6.31. The largest absolute Gasteiger partial charge is 0.430 e. The van der Waals surface area contributed by atoms with E-state index in [9.17, 15) is 40.5 Å². The second-order valence-electron chi connectivity index (χ2n) is 6.62. The van der Waals surface area contributed by atoms with Gasteiger partial charge < -0.3 is 10.4 Å². The van der Waals surface area contributed by atoms with Crippen LogP contribution in [0.1, 0.15) is 18.1 Å². The maximum absolute atomic E-state index is 13.0. The molecule has 1 unspecified atom stereocenters. The monoisotopic (exact) mass is 468 g/mol. The Morgan fingerprint density at radius 1 is 1.03 bits per heavy atom. The number of alkyl halides is 6. The highest BCUT2D eigenvalue weighted by Gasteiger charge is 2.71. The lowest BCUT2D eigenvalue weighted by molar-refractivity contribution is -0.376. The molecule has 2 rings (SSSR count). The number of amides is 1. The number of rotatable bonds is 6. The normalized spacial score (nSPS) is 14.7. The molecule has 0 aliphatic heterocycles. The van der Waals surface area contributed by atoms with Crippen molar-refractivity contribution in [2.75, 3.05) is 11.1 Å². The molecule has 0 aromatic heterocycles. The van der Waals surface area contributed by atoms with Gasteiger partial charge in [-0.3, -0.25) is 4.79 Å². The number of carbonyl (C=O) groups excluding carboxylic acids is 1. The molecule has 5 nitrogen and oxygen atoms in total. The van der Waals surface area contributed by atoms with E-state index >= 15 is 0 Å². The molecular weight excluding hydrogens is 450 g/mol. The van der Waals surface area contributed by atoms with E-state index in [0.29, 0.717) is 17.7 Å². The summed E-state index contributed by atoms with van der Waals surface area (Å²) >= 11 is 0. The molecule has 0 heterocycles. The Bertz CT molecular complexity index is 1030. The number of carbonyl (C=O) groups is 1. The number of anilines is 1. The van der Waals surface area contributed by atoms with Crippen molar-refractivity contribution < 1.29 is 40.5 Å². The van der Waals surface area contributed by atoms with Gasteiger partial charge in [-0.1, -0.05) is 31.2 Å². The summed E-state index contributed by atoms with van der Waals surface area (Å²) in [6.45, 7) is 1.59. The number of halogens is 6. The zero-order valence-corrected chi connectivity index (χ0v) is 16.8. The second-order valence-corrected chi connectivity index (χ2v) is 9.02. The van der Waals surface area contributed by atoms with Crippen LogP contribution in [-0.4, -0.2) is 33.3 Å². The molecule has 0 spiro atoms. The fraction of sp³-hybridized carbons (Fsp3) is 0.316. The molecule has 170 valence electrons.